The summed E-state index contributed by atoms with van der Waals surface area (Å²) in [5.41, 5.74) is 8.15. The molecule has 2 unspecified atom stereocenters. The van der Waals surface area contributed by atoms with E-state index in [0.717, 1.165) is 27.3 Å². The van der Waals surface area contributed by atoms with Crippen molar-refractivity contribution in [3.8, 4) is 5.75 Å². The number of urea groups is 1. The van der Waals surface area contributed by atoms with Crippen LogP contribution >= 0.6 is 11.8 Å². The molecule has 3 aromatic carbocycles. The molecule has 5 rings (SSSR count). The molecule has 0 fully saturated rings. The van der Waals surface area contributed by atoms with Crippen molar-refractivity contribution in [2.75, 3.05) is 23.9 Å². The minimum atomic E-state index is -1.09. The van der Waals surface area contributed by atoms with Crippen LogP contribution in [-0.4, -0.2) is 43.3 Å². The summed E-state index contributed by atoms with van der Waals surface area (Å²) >= 11 is 1.60. The van der Waals surface area contributed by atoms with Gasteiger partial charge in [-0.2, -0.15) is 0 Å². The number of carbonyl (C=O) groups excluding carboxylic acids is 4. The Balaban J connectivity index is 1.32. The SMILES string of the molecule is COc1ccc(C2CC(=O)N(CC(=O)Nc3ccc4c(c3)CC(C=O)(NC(N)=O)C4)c3ccccc3S2)cc1. The first kappa shape index (κ1) is 26.3. The van der Waals surface area contributed by atoms with Crippen molar-refractivity contribution >= 4 is 47.3 Å². The second kappa shape index (κ2) is 10.8. The van der Waals surface area contributed by atoms with E-state index in [0.29, 0.717) is 24.1 Å². The maximum atomic E-state index is 13.4. The minimum absolute atomic E-state index is 0.110. The van der Waals surface area contributed by atoms with Gasteiger partial charge in [0.1, 0.15) is 24.1 Å². The number of anilines is 2. The van der Waals surface area contributed by atoms with E-state index in [1.807, 2.05) is 54.6 Å². The van der Waals surface area contributed by atoms with E-state index < -0.39 is 11.6 Å². The number of nitrogens with one attached hydrogen (secondary N) is 2. The summed E-state index contributed by atoms with van der Waals surface area (Å²) < 4.78 is 5.26. The molecule has 4 amide bonds. The van der Waals surface area contributed by atoms with Crippen molar-refractivity contribution in [1.82, 2.24) is 5.32 Å². The monoisotopic (exact) mass is 544 g/mol. The lowest BCUT2D eigenvalue weighted by atomic mass is 9.98. The number of fused-ring (bicyclic) bond motifs is 2. The molecular weight excluding hydrogens is 516 g/mol. The number of amides is 4. The molecule has 1 heterocycles. The van der Waals surface area contributed by atoms with Crippen LogP contribution in [-0.2, 0) is 27.2 Å². The number of thioether (sulfide) groups is 1. The number of nitrogens with two attached hydrogens (primary N) is 1. The molecule has 2 aliphatic rings. The highest BCUT2D eigenvalue weighted by Crippen LogP contribution is 2.45. The van der Waals surface area contributed by atoms with Crippen molar-refractivity contribution in [3.63, 3.8) is 0 Å². The van der Waals surface area contributed by atoms with Crippen molar-refractivity contribution in [1.29, 1.82) is 0 Å². The van der Waals surface area contributed by atoms with Gasteiger partial charge in [0.25, 0.3) is 0 Å². The van der Waals surface area contributed by atoms with Crippen LogP contribution in [0, 0.1) is 0 Å². The van der Waals surface area contributed by atoms with Gasteiger partial charge in [-0.15, -0.1) is 11.8 Å². The molecule has 9 nitrogen and oxygen atoms in total. The van der Waals surface area contributed by atoms with Gasteiger partial charge >= 0.3 is 6.03 Å². The molecule has 0 bridgehead atoms. The van der Waals surface area contributed by atoms with Gasteiger partial charge in [0, 0.05) is 35.1 Å². The second-order valence-electron chi connectivity index (χ2n) is 9.68. The fraction of sp³-hybridized carbons (Fsp3) is 0.241. The summed E-state index contributed by atoms with van der Waals surface area (Å²) in [4.78, 5) is 52.2. The zero-order chi connectivity index (χ0) is 27.6. The lowest BCUT2D eigenvalue weighted by Gasteiger charge is -2.22. The van der Waals surface area contributed by atoms with Gasteiger partial charge in [0.05, 0.1) is 12.8 Å². The number of ether oxygens (including phenoxy) is 1. The quantitative estimate of drug-likeness (QED) is 0.390. The number of benzene rings is 3. The Kier molecular flexibility index (Phi) is 7.30. The summed E-state index contributed by atoms with van der Waals surface area (Å²) in [6.45, 7) is -0.148. The molecule has 0 radical (unpaired) electrons. The molecule has 3 aromatic rings. The molecule has 1 aliphatic carbocycles. The summed E-state index contributed by atoms with van der Waals surface area (Å²) in [5, 5.41) is 5.31. The molecule has 0 saturated carbocycles. The summed E-state index contributed by atoms with van der Waals surface area (Å²) in [7, 11) is 1.61. The van der Waals surface area contributed by atoms with Gasteiger partial charge in [-0.25, -0.2) is 4.79 Å². The van der Waals surface area contributed by atoms with Gasteiger partial charge in [-0.3, -0.25) is 9.59 Å². The van der Waals surface area contributed by atoms with Crippen LogP contribution in [0.2, 0.25) is 0 Å². The fourth-order valence-electron chi connectivity index (χ4n) is 5.13. The maximum Gasteiger partial charge on any atom is 0.312 e. The summed E-state index contributed by atoms with van der Waals surface area (Å²) in [5.74, 6) is 0.251. The summed E-state index contributed by atoms with van der Waals surface area (Å²) in [6, 6.07) is 19.8. The van der Waals surface area contributed by atoms with Crippen LogP contribution in [0.25, 0.3) is 0 Å². The first-order valence-corrected chi connectivity index (χ1v) is 13.3. The topological polar surface area (TPSA) is 131 Å². The predicted octanol–water partition coefficient (Wildman–Crippen LogP) is 3.61. The van der Waals surface area contributed by atoms with Crippen LogP contribution in [0.4, 0.5) is 16.2 Å². The first-order chi connectivity index (χ1) is 18.8. The Hall–Kier alpha value is -4.31. The smallest absolute Gasteiger partial charge is 0.312 e. The van der Waals surface area contributed by atoms with Crippen LogP contribution < -0.4 is 26.0 Å². The van der Waals surface area contributed by atoms with E-state index in [9.17, 15) is 19.2 Å². The van der Waals surface area contributed by atoms with Crippen LogP contribution in [0.5, 0.6) is 5.75 Å². The fourth-order valence-corrected chi connectivity index (χ4v) is 6.41. The molecule has 0 spiro atoms. The number of rotatable bonds is 7. The highest BCUT2D eigenvalue weighted by Gasteiger charge is 2.38. The lowest BCUT2D eigenvalue weighted by molar-refractivity contribution is -0.121. The van der Waals surface area contributed by atoms with Crippen molar-refractivity contribution in [2.45, 2.75) is 34.9 Å². The molecule has 39 heavy (non-hydrogen) atoms. The number of hydrogen-bond acceptors (Lipinski definition) is 6. The van der Waals surface area contributed by atoms with Gasteiger partial charge in [0.2, 0.25) is 11.8 Å². The van der Waals surface area contributed by atoms with Gasteiger partial charge in [-0.1, -0.05) is 30.3 Å². The molecule has 0 saturated heterocycles. The molecule has 0 aromatic heterocycles. The van der Waals surface area contributed by atoms with E-state index >= 15 is 0 Å². The molecule has 200 valence electrons. The van der Waals surface area contributed by atoms with Crippen LogP contribution in [0.3, 0.4) is 0 Å². The maximum absolute atomic E-state index is 13.4. The molecule has 4 N–H and O–H groups in total. The van der Waals surface area contributed by atoms with E-state index in [-0.39, 0.29) is 36.5 Å². The molecular formula is C29H28N4O5S. The number of para-hydroxylation sites is 1. The minimum Gasteiger partial charge on any atom is -0.497 e. The van der Waals surface area contributed by atoms with Crippen LogP contribution in [0.1, 0.15) is 28.4 Å². The average Bonchev–Trinajstić information content (AvgIpc) is 3.22. The zero-order valence-electron chi connectivity index (χ0n) is 21.3. The average molecular weight is 545 g/mol. The van der Waals surface area contributed by atoms with Crippen molar-refractivity contribution < 1.29 is 23.9 Å². The third kappa shape index (κ3) is 5.61. The highest BCUT2D eigenvalue weighted by molar-refractivity contribution is 7.99. The van der Waals surface area contributed by atoms with E-state index in [1.54, 1.807) is 31.0 Å². The Morgan fingerprint density at radius 2 is 1.85 bits per heavy atom. The number of methoxy groups -OCH3 is 1. The Labute approximate surface area is 230 Å². The molecule has 1 aliphatic heterocycles. The number of carbonyl (C=O) groups is 4. The zero-order valence-corrected chi connectivity index (χ0v) is 22.1. The van der Waals surface area contributed by atoms with E-state index in [1.165, 1.54) is 4.90 Å². The second-order valence-corrected chi connectivity index (χ2v) is 10.9. The van der Waals surface area contributed by atoms with Gasteiger partial charge in [-0.05, 0) is 53.1 Å². The highest BCUT2D eigenvalue weighted by atomic mass is 32.2. The third-order valence-electron chi connectivity index (χ3n) is 6.98. The summed E-state index contributed by atoms with van der Waals surface area (Å²) in [6.07, 6.45) is 1.55. The van der Waals surface area contributed by atoms with Crippen LogP contribution in [0.15, 0.2) is 71.6 Å². The normalized spacial score (nSPS) is 19.9. The third-order valence-corrected chi connectivity index (χ3v) is 8.30. The Morgan fingerprint density at radius 1 is 1.10 bits per heavy atom. The number of hydrogen-bond donors (Lipinski definition) is 3. The predicted molar refractivity (Wildman–Crippen MR) is 149 cm³/mol. The van der Waals surface area contributed by atoms with Gasteiger partial charge in [0.15, 0.2) is 0 Å². The number of aldehydes is 1. The van der Waals surface area contributed by atoms with Crippen molar-refractivity contribution in [3.05, 3.63) is 83.4 Å². The first-order valence-electron chi connectivity index (χ1n) is 12.4. The largest absolute Gasteiger partial charge is 0.497 e. The molecule has 10 heteroatoms. The lowest BCUT2D eigenvalue weighted by Crippen LogP contribution is -2.52. The van der Waals surface area contributed by atoms with E-state index in [2.05, 4.69) is 10.6 Å². The number of primary amides is 1. The van der Waals surface area contributed by atoms with Crippen molar-refractivity contribution in [2.24, 2.45) is 5.73 Å². The molecule has 2 atom stereocenters. The standard InChI is InChI=1S/C29H28N4O5S/c1-38-22-10-7-18(8-11-22)25-13-27(36)33(23-4-2-3-5-24(23)39-25)16-26(35)31-21-9-6-19-14-29(17-34,32-28(30)37)15-20(19)12-21/h2-12,17,25H,13-16H2,1H3,(H,31,35)(H3,30,32,37). The van der Waals surface area contributed by atoms with Gasteiger partial charge < -0.3 is 30.8 Å². The number of nitrogens with zero attached hydrogens (tertiary/aromatic N) is 1. The Morgan fingerprint density at radius 3 is 2.56 bits per heavy atom. The van der Waals surface area contributed by atoms with E-state index in [4.69, 9.17) is 10.5 Å². The Bertz CT molecular complexity index is 1440.